The quantitative estimate of drug-likeness (QED) is 0.374. The zero-order chi connectivity index (χ0) is 18.7. The van der Waals surface area contributed by atoms with Gasteiger partial charge in [0.1, 0.15) is 5.82 Å². The van der Waals surface area contributed by atoms with Gasteiger partial charge in [-0.1, -0.05) is 64.4 Å². The summed E-state index contributed by atoms with van der Waals surface area (Å²) in [6.45, 7) is 2.42. The maximum Gasteiger partial charge on any atom is 0.417 e. The van der Waals surface area contributed by atoms with Gasteiger partial charge in [0.2, 0.25) is 0 Å². The number of hydrogen-bond acceptors (Lipinski definition) is 1. The minimum absolute atomic E-state index is 0.250. The maximum absolute atomic E-state index is 13.7. The molecule has 1 aromatic carbocycles. The highest BCUT2D eigenvalue weighted by Crippen LogP contribution is 2.32. The Morgan fingerprint density at radius 3 is 2.08 bits per heavy atom. The third kappa shape index (κ3) is 7.88. The van der Waals surface area contributed by atoms with Gasteiger partial charge in [0, 0.05) is 6.54 Å². The lowest BCUT2D eigenvalue weighted by molar-refractivity contribution is -0.138. The van der Waals surface area contributed by atoms with Crippen LogP contribution in [0, 0.1) is 5.82 Å². The molecule has 6 heteroatoms. The number of unbranched alkanes of at least 4 members (excludes halogenated alkanes) is 8. The van der Waals surface area contributed by atoms with Crippen LogP contribution >= 0.6 is 0 Å². The highest BCUT2D eigenvalue weighted by Gasteiger charge is 2.36. The van der Waals surface area contributed by atoms with Crippen molar-refractivity contribution in [1.82, 2.24) is 5.32 Å². The van der Waals surface area contributed by atoms with Crippen LogP contribution in [0.15, 0.2) is 18.2 Å². The summed E-state index contributed by atoms with van der Waals surface area (Å²) in [6.07, 6.45) is 5.16. The lowest BCUT2D eigenvalue weighted by Crippen LogP contribution is -2.28. The molecule has 142 valence electrons. The molecular weight excluding hydrogens is 334 g/mol. The topological polar surface area (TPSA) is 29.1 Å². The van der Waals surface area contributed by atoms with Crippen molar-refractivity contribution in [2.45, 2.75) is 70.9 Å². The molecule has 0 atom stereocenters. The van der Waals surface area contributed by atoms with E-state index in [1.807, 2.05) is 0 Å². The van der Waals surface area contributed by atoms with E-state index in [4.69, 9.17) is 0 Å². The molecule has 0 saturated carbocycles. The summed E-state index contributed by atoms with van der Waals surface area (Å²) in [7, 11) is 0. The molecule has 0 aliphatic carbocycles. The average molecular weight is 361 g/mol. The normalized spacial score (nSPS) is 11.6. The number of benzene rings is 1. The van der Waals surface area contributed by atoms with Crippen molar-refractivity contribution in [3.63, 3.8) is 0 Å². The van der Waals surface area contributed by atoms with Crippen molar-refractivity contribution in [3.8, 4) is 0 Å². The van der Waals surface area contributed by atoms with E-state index in [-0.39, 0.29) is 6.54 Å². The highest BCUT2D eigenvalue weighted by atomic mass is 19.4. The molecule has 2 nitrogen and oxygen atoms in total. The molecule has 25 heavy (non-hydrogen) atoms. The van der Waals surface area contributed by atoms with Gasteiger partial charge in [-0.3, -0.25) is 4.79 Å². The Bertz CT molecular complexity index is 529. The molecule has 1 rings (SSSR count). The van der Waals surface area contributed by atoms with Crippen molar-refractivity contribution >= 4 is 5.91 Å². The maximum atomic E-state index is 13.7. The average Bonchev–Trinajstić information content (AvgIpc) is 2.55. The first-order valence-electron chi connectivity index (χ1n) is 9.01. The van der Waals surface area contributed by atoms with Crippen molar-refractivity contribution in [2.75, 3.05) is 6.54 Å². The van der Waals surface area contributed by atoms with Crippen LogP contribution in [0.25, 0.3) is 0 Å². The van der Waals surface area contributed by atoms with Crippen LogP contribution in [-0.2, 0) is 6.18 Å². The van der Waals surface area contributed by atoms with Gasteiger partial charge in [-0.2, -0.15) is 13.2 Å². The minimum atomic E-state index is -4.76. The molecule has 0 heterocycles. The second kappa shape index (κ2) is 11.1. The number of halogens is 4. The molecule has 0 radical (unpaired) electrons. The minimum Gasteiger partial charge on any atom is -0.352 e. The predicted octanol–water partition coefficient (Wildman–Crippen LogP) is 6.11. The molecule has 0 aromatic heterocycles. The monoisotopic (exact) mass is 361 g/mol. The Kier molecular flexibility index (Phi) is 9.53. The summed E-state index contributed by atoms with van der Waals surface area (Å²) in [4.78, 5) is 11.9. The molecule has 0 spiro atoms. The van der Waals surface area contributed by atoms with Gasteiger partial charge >= 0.3 is 6.18 Å². The largest absolute Gasteiger partial charge is 0.417 e. The van der Waals surface area contributed by atoms with Crippen LogP contribution < -0.4 is 5.32 Å². The van der Waals surface area contributed by atoms with Crippen molar-refractivity contribution in [3.05, 3.63) is 35.1 Å². The van der Waals surface area contributed by atoms with E-state index in [2.05, 4.69) is 12.2 Å². The van der Waals surface area contributed by atoms with Crippen molar-refractivity contribution < 1.29 is 22.4 Å². The second-order valence-corrected chi connectivity index (χ2v) is 6.24. The lowest BCUT2D eigenvalue weighted by Gasteiger charge is -2.13. The third-order valence-corrected chi connectivity index (χ3v) is 4.11. The standard InChI is InChI=1S/C19H27F4NO/c1-2-3-4-5-6-7-8-9-10-14-24-18(25)17-15(19(21,22)23)12-11-13-16(17)20/h11-13H,2-10,14H2,1H3,(H,24,25). The Hall–Kier alpha value is -1.59. The molecule has 0 saturated heterocycles. The molecule has 1 N–H and O–H groups in total. The summed E-state index contributed by atoms with van der Waals surface area (Å²) in [5, 5.41) is 2.39. The van der Waals surface area contributed by atoms with E-state index in [0.29, 0.717) is 6.42 Å². The smallest absolute Gasteiger partial charge is 0.352 e. The van der Waals surface area contributed by atoms with Crippen LogP contribution in [0.4, 0.5) is 17.6 Å². The molecular formula is C19H27F4NO. The van der Waals surface area contributed by atoms with Gasteiger partial charge in [-0.05, 0) is 18.6 Å². The Morgan fingerprint density at radius 2 is 1.52 bits per heavy atom. The Balaban J connectivity index is 2.32. The van der Waals surface area contributed by atoms with Gasteiger partial charge < -0.3 is 5.32 Å². The van der Waals surface area contributed by atoms with Crippen LogP contribution in [0.5, 0.6) is 0 Å². The molecule has 0 aliphatic rings. The number of alkyl halides is 3. The van der Waals surface area contributed by atoms with Gasteiger partial charge in [0.05, 0.1) is 11.1 Å². The summed E-state index contributed by atoms with van der Waals surface area (Å²) < 4.78 is 52.3. The van der Waals surface area contributed by atoms with Crippen LogP contribution in [0.2, 0.25) is 0 Å². The Morgan fingerprint density at radius 1 is 0.960 bits per heavy atom. The van der Waals surface area contributed by atoms with Gasteiger partial charge in [0.15, 0.2) is 0 Å². The van der Waals surface area contributed by atoms with E-state index < -0.39 is 29.0 Å². The van der Waals surface area contributed by atoms with E-state index >= 15 is 0 Å². The van der Waals surface area contributed by atoms with Crippen LogP contribution in [-0.4, -0.2) is 12.5 Å². The summed E-state index contributed by atoms with van der Waals surface area (Å²) in [5.74, 6) is -2.16. The molecule has 0 aliphatic heterocycles. The number of nitrogens with one attached hydrogen (secondary N) is 1. The van der Waals surface area contributed by atoms with E-state index in [0.717, 1.165) is 37.5 Å². The molecule has 0 unspecified atom stereocenters. The van der Waals surface area contributed by atoms with E-state index in [1.54, 1.807) is 0 Å². The fraction of sp³-hybridized carbons (Fsp3) is 0.632. The van der Waals surface area contributed by atoms with Crippen LogP contribution in [0.3, 0.4) is 0 Å². The fourth-order valence-electron chi connectivity index (χ4n) is 2.72. The van der Waals surface area contributed by atoms with Gasteiger partial charge in [-0.15, -0.1) is 0 Å². The van der Waals surface area contributed by atoms with Crippen molar-refractivity contribution in [2.24, 2.45) is 0 Å². The van der Waals surface area contributed by atoms with E-state index in [1.165, 1.54) is 32.1 Å². The van der Waals surface area contributed by atoms with Crippen molar-refractivity contribution in [1.29, 1.82) is 0 Å². The first-order valence-corrected chi connectivity index (χ1v) is 9.01. The van der Waals surface area contributed by atoms with Gasteiger partial charge in [-0.25, -0.2) is 4.39 Å². The summed E-state index contributed by atoms with van der Waals surface area (Å²) >= 11 is 0. The first kappa shape index (κ1) is 21.5. The van der Waals surface area contributed by atoms with E-state index in [9.17, 15) is 22.4 Å². The molecule has 1 amide bonds. The second-order valence-electron chi connectivity index (χ2n) is 6.24. The third-order valence-electron chi connectivity index (χ3n) is 4.11. The fourth-order valence-corrected chi connectivity index (χ4v) is 2.72. The zero-order valence-corrected chi connectivity index (χ0v) is 14.7. The molecule has 0 fully saturated rings. The number of amides is 1. The summed E-state index contributed by atoms with van der Waals surface area (Å²) in [6, 6.07) is 2.54. The Labute approximate surface area is 147 Å². The number of carbonyl (C=O) groups excluding carboxylic acids is 1. The lowest BCUT2D eigenvalue weighted by atomic mass is 10.1. The first-order chi connectivity index (χ1) is 11.9. The predicted molar refractivity (Wildman–Crippen MR) is 91.0 cm³/mol. The summed E-state index contributed by atoms with van der Waals surface area (Å²) in [5.41, 5.74) is -2.16. The van der Waals surface area contributed by atoms with Crippen LogP contribution in [0.1, 0.15) is 80.6 Å². The molecule has 1 aromatic rings. The SMILES string of the molecule is CCCCCCCCCCCNC(=O)c1c(F)cccc1C(F)(F)F. The number of rotatable bonds is 11. The number of carbonyl (C=O) groups is 1. The van der Waals surface area contributed by atoms with Gasteiger partial charge in [0.25, 0.3) is 5.91 Å². The highest BCUT2D eigenvalue weighted by molar-refractivity contribution is 5.96. The zero-order valence-electron chi connectivity index (χ0n) is 14.7. The molecule has 0 bridgehead atoms. The number of hydrogen-bond donors (Lipinski definition) is 1.